The average molecular weight is 313 g/mol. The van der Waals surface area contributed by atoms with E-state index in [0.717, 1.165) is 18.3 Å². The van der Waals surface area contributed by atoms with Crippen LogP contribution in [-0.4, -0.2) is 31.4 Å². The molecule has 2 aliphatic carbocycles. The number of hydrogen-bond acceptors (Lipinski definition) is 3. The molecular weight excluding hydrogens is 286 g/mol. The van der Waals surface area contributed by atoms with Gasteiger partial charge in [-0.25, -0.2) is 8.42 Å². The predicted molar refractivity (Wildman–Crippen MR) is 82.5 cm³/mol. The van der Waals surface area contributed by atoms with Gasteiger partial charge in [0, 0.05) is 12.5 Å². The lowest BCUT2D eigenvalue weighted by Crippen LogP contribution is -2.43. The fourth-order valence-corrected chi connectivity index (χ4v) is 6.15. The van der Waals surface area contributed by atoms with Crippen molar-refractivity contribution in [1.82, 2.24) is 5.32 Å². The van der Waals surface area contributed by atoms with E-state index in [2.05, 4.69) is 12.2 Å². The van der Waals surface area contributed by atoms with Crippen LogP contribution in [0.15, 0.2) is 0 Å². The van der Waals surface area contributed by atoms with E-state index in [1.807, 2.05) is 0 Å². The van der Waals surface area contributed by atoms with E-state index in [-0.39, 0.29) is 23.5 Å². The van der Waals surface area contributed by atoms with Crippen LogP contribution in [0.3, 0.4) is 0 Å². The topological polar surface area (TPSA) is 63.2 Å². The van der Waals surface area contributed by atoms with Crippen LogP contribution in [0.25, 0.3) is 0 Å². The van der Waals surface area contributed by atoms with Gasteiger partial charge in [0.25, 0.3) is 0 Å². The average Bonchev–Trinajstić information content (AvgIpc) is 3.10. The van der Waals surface area contributed by atoms with Gasteiger partial charge in [-0.05, 0) is 63.2 Å². The minimum absolute atomic E-state index is 0.0408. The lowest BCUT2D eigenvalue weighted by Gasteiger charge is -2.30. The Kier molecular flexibility index (Phi) is 3.62. The Labute approximate surface area is 128 Å². The summed E-state index contributed by atoms with van der Waals surface area (Å²) in [6.45, 7) is 6.28. The fourth-order valence-electron chi connectivity index (χ4n) is 4.32. The SMILES string of the molecule is CC1CC2CC2CC1C(=O)NCC1CCS(=O)(=O)C1(C)C. The number of rotatable bonds is 3. The molecule has 0 aromatic carbocycles. The predicted octanol–water partition coefficient (Wildman–Crippen LogP) is 2.00. The molecule has 1 N–H and O–H groups in total. The lowest BCUT2D eigenvalue weighted by atomic mass is 9.80. The molecule has 4 nitrogen and oxygen atoms in total. The summed E-state index contributed by atoms with van der Waals surface area (Å²) in [5, 5.41) is 3.05. The van der Waals surface area contributed by atoms with Gasteiger partial charge < -0.3 is 5.32 Å². The number of amides is 1. The van der Waals surface area contributed by atoms with E-state index < -0.39 is 14.6 Å². The van der Waals surface area contributed by atoms with Gasteiger partial charge in [-0.2, -0.15) is 0 Å². The van der Waals surface area contributed by atoms with E-state index in [1.165, 1.54) is 12.8 Å². The summed E-state index contributed by atoms with van der Waals surface area (Å²) < 4.78 is 23.3. The van der Waals surface area contributed by atoms with Crippen molar-refractivity contribution in [2.45, 2.75) is 51.2 Å². The number of carbonyl (C=O) groups excluding carboxylic acids is 1. The minimum Gasteiger partial charge on any atom is -0.356 e. The van der Waals surface area contributed by atoms with Crippen LogP contribution in [0.5, 0.6) is 0 Å². The van der Waals surface area contributed by atoms with Crippen molar-refractivity contribution in [3.8, 4) is 0 Å². The zero-order valence-electron chi connectivity index (χ0n) is 13.3. The fraction of sp³-hybridized carbons (Fsp3) is 0.938. The summed E-state index contributed by atoms with van der Waals surface area (Å²) >= 11 is 0. The summed E-state index contributed by atoms with van der Waals surface area (Å²) in [6, 6.07) is 0. The Hall–Kier alpha value is -0.580. The van der Waals surface area contributed by atoms with E-state index in [0.29, 0.717) is 18.9 Å². The molecule has 0 aromatic rings. The highest BCUT2D eigenvalue weighted by Gasteiger charge is 2.49. The smallest absolute Gasteiger partial charge is 0.223 e. The number of fused-ring (bicyclic) bond motifs is 1. The molecule has 0 radical (unpaired) electrons. The van der Waals surface area contributed by atoms with Crippen molar-refractivity contribution >= 4 is 15.7 Å². The molecular formula is C16H27NO3S. The third-order valence-electron chi connectivity index (χ3n) is 6.37. The molecule has 1 amide bonds. The minimum atomic E-state index is -3.01. The first kappa shape index (κ1) is 15.3. The molecule has 3 aliphatic rings. The van der Waals surface area contributed by atoms with Crippen LogP contribution >= 0.6 is 0 Å². The highest BCUT2D eigenvalue weighted by molar-refractivity contribution is 7.93. The van der Waals surface area contributed by atoms with E-state index >= 15 is 0 Å². The first-order valence-corrected chi connectivity index (χ1v) is 9.87. The van der Waals surface area contributed by atoms with E-state index in [9.17, 15) is 13.2 Å². The molecule has 3 rings (SSSR count). The summed E-state index contributed by atoms with van der Waals surface area (Å²) in [5.41, 5.74) is 0. The molecule has 2 saturated carbocycles. The van der Waals surface area contributed by atoms with Gasteiger partial charge in [0.2, 0.25) is 5.91 Å². The highest BCUT2D eigenvalue weighted by atomic mass is 32.2. The van der Waals surface area contributed by atoms with Crippen molar-refractivity contribution in [3.63, 3.8) is 0 Å². The second-order valence-electron chi connectivity index (χ2n) is 7.96. The number of nitrogens with one attached hydrogen (secondary N) is 1. The van der Waals surface area contributed by atoms with Gasteiger partial charge >= 0.3 is 0 Å². The molecule has 5 atom stereocenters. The van der Waals surface area contributed by atoms with Crippen LogP contribution in [-0.2, 0) is 14.6 Å². The zero-order valence-corrected chi connectivity index (χ0v) is 14.1. The summed E-state index contributed by atoms with van der Waals surface area (Å²) in [7, 11) is -3.01. The van der Waals surface area contributed by atoms with Gasteiger partial charge in [0.1, 0.15) is 0 Å². The molecule has 5 heteroatoms. The van der Waals surface area contributed by atoms with Gasteiger partial charge in [-0.1, -0.05) is 6.92 Å². The Morgan fingerprint density at radius 3 is 2.48 bits per heavy atom. The third-order valence-corrected chi connectivity index (χ3v) is 9.08. The van der Waals surface area contributed by atoms with Crippen molar-refractivity contribution in [1.29, 1.82) is 0 Å². The van der Waals surface area contributed by atoms with Crippen LogP contribution in [0.4, 0.5) is 0 Å². The summed E-state index contributed by atoms with van der Waals surface area (Å²) in [4.78, 5) is 12.4. The molecule has 0 bridgehead atoms. The Bertz CT molecular complexity index is 540. The number of sulfone groups is 1. The number of carbonyl (C=O) groups is 1. The monoisotopic (exact) mass is 313 g/mol. The maximum atomic E-state index is 12.4. The van der Waals surface area contributed by atoms with E-state index in [1.54, 1.807) is 13.8 Å². The normalized spacial score (nSPS) is 43.1. The molecule has 1 saturated heterocycles. The molecule has 1 aliphatic heterocycles. The van der Waals surface area contributed by atoms with Crippen molar-refractivity contribution < 1.29 is 13.2 Å². The van der Waals surface area contributed by atoms with Crippen molar-refractivity contribution in [3.05, 3.63) is 0 Å². The quantitative estimate of drug-likeness (QED) is 0.867. The standard InChI is InChI=1S/C16H27NO3S/c1-10-6-11-7-12(11)8-14(10)15(18)17-9-13-4-5-21(19,20)16(13,2)3/h10-14H,4-9H2,1-3H3,(H,17,18). The lowest BCUT2D eigenvalue weighted by molar-refractivity contribution is -0.127. The summed E-state index contributed by atoms with van der Waals surface area (Å²) in [5.74, 6) is 2.70. The molecule has 5 unspecified atom stereocenters. The molecule has 0 spiro atoms. The Balaban J connectivity index is 1.57. The third kappa shape index (κ3) is 2.62. The molecule has 0 aromatic heterocycles. The van der Waals surface area contributed by atoms with Crippen LogP contribution in [0.1, 0.15) is 46.5 Å². The van der Waals surface area contributed by atoms with Gasteiger partial charge in [0.05, 0.1) is 10.5 Å². The van der Waals surface area contributed by atoms with Crippen LogP contribution in [0.2, 0.25) is 0 Å². The summed E-state index contributed by atoms with van der Waals surface area (Å²) in [6.07, 6.45) is 4.19. The van der Waals surface area contributed by atoms with Crippen molar-refractivity contribution in [2.24, 2.45) is 29.6 Å². The first-order chi connectivity index (χ1) is 9.72. The van der Waals surface area contributed by atoms with Crippen LogP contribution in [0, 0.1) is 29.6 Å². The largest absolute Gasteiger partial charge is 0.356 e. The number of hydrogen-bond donors (Lipinski definition) is 1. The molecule has 3 fully saturated rings. The van der Waals surface area contributed by atoms with Crippen LogP contribution < -0.4 is 5.32 Å². The molecule has 1 heterocycles. The zero-order chi connectivity index (χ0) is 15.4. The maximum Gasteiger partial charge on any atom is 0.223 e. The first-order valence-electron chi connectivity index (χ1n) is 8.22. The highest BCUT2D eigenvalue weighted by Crippen LogP contribution is 2.53. The second kappa shape index (κ2) is 4.97. The van der Waals surface area contributed by atoms with E-state index in [4.69, 9.17) is 0 Å². The van der Waals surface area contributed by atoms with Gasteiger partial charge in [-0.15, -0.1) is 0 Å². The Morgan fingerprint density at radius 1 is 1.19 bits per heavy atom. The second-order valence-corrected chi connectivity index (χ2v) is 10.7. The van der Waals surface area contributed by atoms with Gasteiger partial charge in [-0.3, -0.25) is 4.79 Å². The molecule has 21 heavy (non-hydrogen) atoms. The Morgan fingerprint density at radius 2 is 1.86 bits per heavy atom. The van der Waals surface area contributed by atoms with Gasteiger partial charge in [0.15, 0.2) is 9.84 Å². The maximum absolute atomic E-state index is 12.4. The van der Waals surface area contributed by atoms with Crippen molar-refractivity contribution in [2.75, 3.05) is 12.3 Å². The molecule has 120 valence electrons.